The summed E-state index contributed by atoms with van der Waals surface area (Å²) in [5.74, 6) is 3.00. The molecule has 1 atom stereocenters. The van der Waals surface area contributed by atoms with Gasteiger partial charge in [0.05, 0.1) is 6.04 Å². The van der Waals surface area contributed by atoms with Gasteiger partial charge in [-0.05, 0) is 38.9 Å². The van der Waals surface area contributed by atoms with Gasteiger partial charge >= 0.3 is 0 Å². The molecular formula is C16H26N4O. The fourth-order valence-electron chi connectivity index (χ4n) is 2.40. The third-order valence-corrected chi connectivity index (χ3v) is 3.54. The molecule has 2 heterocycles. The summed E-state index contributed by atoms with van der Waals surface area (Å²) in [7, 11) is 0. The summed E-state index contributed by atoms with van der Waals surface area (Å²) in [5, 5.41) is 7.86. The second-order valence-corrected chi connectivity index (χ2v) is 5.58. The molecule has 21 heavy (non-hydrogen) atoms. The van der Waals surface area contributed by atoms with Crippen LogP contribution in [-0.4, -0.2) is 21.3 Å². The van der Waals surface area contributed by atoms with E-state index in [1.54, 1.807) is 6.33 Å². The molecule has 5 nitrogen and oxygen atoms in total. The van der Waals surface area contributed by atoms with Gasteiger partial charge in [-0.3, -0.25) is 0 Å². The first-order chi connectivity index (χ1) is 10.2. The summed E-state index contributed by atoms with van der Waals surface area (Å²) in [6.45, 7) is 9.47. The minimum atomic E-state index is 0.145. The van der Waals surface area contributed by atoms with Crippen LogP contribution in [-0.2, 0) is 12.8 Å². The van der Waals surface area contributed by atoms with Gasteiger partial charge in [0.25, 0.3) is 0 Å². The van der Waals surface area contributed by atoms with Gasteiger partial charge in [0.1, 0.15) is 23.7 Å². The summed E-state index contributed by atoms with van der Waals surface area (Å²) in [6, 6.07) is 4.59. The molecule has 2 aromatic heterocycles. The second-order valence-electron chi connectivity index (χ2n) is 5.58. The number of aryl methyl sites for hydroxylation is 1. The van der Waals surface area contributed by atoms with E-state index in [-0.39, 0.29) is 6.04 Å². The summed E-state index contributed by atoms with van der Waals surface area (Å²) in [4.78, 5) is 4.41. The van der Waals surface area contributed by atoms with Gasteiger partial charge in [-0.25, -0.2) is 9.67 Å². The Bertz CT molecular complexity index is 544. The molecule has 0 aromatic carbocycles. The fourth-order valence-corrected chi connectivity index (χ4v) is 2.40. The van der Waals surface area contributed by atoms with Gasteiger partial charge in [-0.2, -0.15) is 5.10 Å². The van der Waals surface area contributed by atoms with Crippen molar-refractivity contribution in [3.05, 3.63) is 35.8 Å². The first kappa shape index (κ1) is 15.8. The second kappa shape index (κ2) is 7.41. The van der Waals surface area contributed by atoms with E-state index >= 15 is 0 Å². The Morgan fingerprint density at radius 3 is 2.71 bits per heavy atom. The lowest BCUT2D eigenvalue weighted by Crippen LogP contribution is -2.25. The molecule has 1 N–H and O–H groups in total. The Hall–Kier alpha value is -1.62. The first-order valence-electron chi connectivity index (χ1n) is 7.86. The van der Waals surface area contributed by atoms with Crippen LogP contribution in [0.15, 0.2) is 22.9 Å². The lowest BCUT2D eigenvalue weighted by molar-refractivity contribution is 0.379. The summed E-state index contributed by atoms with van der Waals surface area (Å²) >= 11 is 0. The van der Waals surface area contributed by atoms with Crippen LogP contribution in [0, 0.1) is 0 Å². The van der Waals surface area contributed by atoms with Gasteiger partial charge in [0.15, 0.2) is 0 Å². The van der Waals surface area contributed by atoms with E-state index in [2.05, 4.69) is 55.2 Å². The molecule has 1 unspecified atom stereocenters. The average molecular weight is 290 g/mol. The summed E-state index contributed by atoms with van der Waals surface area (Å²) in [6.07, 6.45) is 4.43. The largest absolute Gasteiger partial charge is 0.464 e. The number of nitrogens with one attached hydrogen (secondary N) is 1. The molecule has 5 heteroatoms. The molecule has 2 rings (SSSR count). The Morgan fingerprint density at radius 2 is 2.10 bits per heavy atom. The van der Waals surface area contributed by atoms with Crippen LogP contribution < -0.4 is 5.32 Å². The van der Waals surface area contributed by atoms with E-state index < -0.39 is 0 Å². The van der Waals surface area contributed by atoms with E-state index in [1.165, 1.54) is 0 Å². The van der Waals surface area contributed by atoms with Crippen molar-refractivity contribution in [1.29, 1.82) is 0 Å². The quantitative estimate of drug-likeness (QED) is 0.810. The minimum Gasteiger partial charge on any atom is -0.464 e. The fraction of sp³-hybridized carbons (Fsp3) is 0.625. The molecule has 0 spiro atoms. The predicted octanol–water partition coefficient (Wildman–Crippen LogP) is 3.30. The molecule has 0 radical (unpaired) electrons. The van der Waals surface area contributed by atoms with Crippen LogP contribution in [0.3, 0.4) is 0 Å². The SMILES string of the molecule is CCCNC(Cc1ncnn1C(C)C)c1ccc(CC)o1. The number of nitrogens with zero attached hydrogens (tertiary/aromatic N) is 3. The average Bonchev–Trinajstić information content (AvgIpc) is 3.11. The predicted molar refractivity (Wildman–Crippen MR) is 83.2 cm³/mol. The van der Waals surface area contributed by atoms with Crippen LogP contribution in [0.25, 0.3) is 0 Å². The highest BCUT2D eigenvalue weighted by molar-refractivity contribution is 5.12. The Labute approximate surface area is 126 Å². The number of aromatic nitrogens is 3. The van der Waals surface area contributed by atoms with E-state index in [1.807, 2.05) is 4.68 Å². The smallest absolute Gasteiger partial charge is 0.138 e. The molecular weight excluding hydrogens is 264 g/mol. The zero-order valence-corrected chi connectivity index (χ0v) is 13.5. The van der Waals surface area contributed by atoms with Gasteiger partial charge in [-0.15, -0.1) is 0 Å². The van der Waals surface area contributed by atoms with E-state index in [9.17, 15) is 0 Å². The lowest BCUT2D eigenvalue weighted by Gasteiger charge is -2.17. The van der Waals surface area contributed by atoms with E-state index in [0.29, 0.717) is 6.04 Å². The standard InChI is InChI=1S/C16H26N4O/c1-5-9-17-14(15-8-7-13(6-2)21-15)10-16-18-11-19-20(16)12(3)4/h7-8,11-12,14,17H,5-6,9-10H2,1-4H3. The molecule has 0 amide bonds. The van der Waals surface area contributed by atoms with Gasteiger partial charge in [0, 0.05) is 18.9 Å². The van der Waals surface area contributed by atoms with Crippen molar-refractivity contribution in [2.45, 2.75) is 59.0 Å². The molecule has 116 valence electrons. The third kappa shape index (κ3) is 3.94. The number of hydrogen-bond donors (Lipinski definition) is 1. The Balaban J connectivity index is 2.17. The van der Waals surface area contributed by atoms with Crippen LogP contribution in [0.1, 0.15) is 63.5 Å². The van der Waals surface area contributed by atoms with Crippen LogP contribution in [0.2, 0.25) is 0 Å². The first-order valence-corrected chi connectivity index (χ1v) is 7.86. The van der Waals surface area contributed by atoms with Crippen molar-refractivity contribution in [2.75, 3.05) is 6.54 Å². The normalized spacial score (nSPS) is 13.0. The molecule has 0 fully saturated rings. The van der Waals surface area contributed by atoms with Crippen molar-refractivity contribution in [1.82, 2.24) is 20.1 Å². The number of furan rings is 1. The monoisotopic (exact) mass is 290 g/mol. The van der Waals surface area contributed by atoms with E-state index in [0.717, 1.165) is 43.2 Å². The van der Waals surface area contributed by atoms with Crippen molar-refractivity contribution >= 4 is 0 Å². The highest BCUT2D eigenvalue weighted by Crippen LogP contribution is 2.21. The number of rotatable bonds is 8. The maximum Gasteiger partial charge on any atom is 0.138 e. The molecule has 2 aromatic rings. The van der Waals surface area contributed by atoms with Gasteiger partial charge in [-0.1, -0.05) is 13.8 Å². The number of hydrogen-bond acceptors (Lipinski definition) is 4. The Morgan fingerprint density at radius 1 is 1.29 bits per heavy atom. The van der Waals surface area contributed by atoms with Crippen molar-refractivity contribution in [3.63, 3.8) is 0 Å². The van der Waals surface area contributed by atoms with Gasteiger partial charge in [0.2, 0.25) is 0 Å². The van der Waals surface area contributed by atoms with Crippen LogP contribution >= 0.6 is 0 Å². The molecule has 0 aliphatic rings. The molecule has 0 bridgehead atoms. The maximum absolute atomic E-state index is 5.92. The van der Waals surface area contributed by atoms with Gasteiger partial charge < -0.3 is 9.73 Å². The minimum absolute atomic E-state index is 0.145. The molecule has 0 saturated heterocycles. The topological polar surface area (TPSA) is 55.9 Å². The van der Waals surface area contributed by atoms with Crippen LogP contribution in [0.5, 0.6) is 0 Å². The van der Waals surface area contributed by atoms with Crippen molar-refractivity contribution in [3.8, 4) is 0 Å². The summed E-state index contributed by atoms with van der Waals surface area (Å²) < 4.78 is 7.90. The van der Waals surface area contributed by atoms with Crippen molar-refractivity contribution in [2.24, 2.45) is 0 Å². The highest BCUT2D eigenvalue weighted by Gasteiger charge is 2.19. The molecule has 0 saturated carbocycles. The maximum atomic E-state index is 5.92. The Kier molecular flexibility index (Phi) is 5.56. The highest BCUT2D eigenvalue weighted by atomic mass is 16.3. The van der Waals surface area contributed by atoms with Crippen molar-refractivity contribution < 1.29 is 4.42 Å². The lowest BCUT2D eigenvalue weighted by atomic mass is 10.1. The zero-order valence-electron chi connectivity index (χ0n) is 13.5. The zero-order chi connectivity index (χ0) is 15.2. The molecule has 0 aliphatic heterocycles. The van der Waals surface area contributed by atoms with Crippen LogP contribution in [0.4, 0.5) is 0 Å². The third-order valence-electron chi connectivity index (χ3n) is 3.54. The summed E-state index contributed by atoms with van der Waals surface area (Å²) in [5.41, 5.74) is 0. The van der Waals surface area contributed by atoms with E-state index in [4.69, 9.17) is 4.42 Å². The molecule has 0 aliphatic carbocycles.